The summed E-state index contributed by atoms with van der Waals surface area (Å²) in [5.41, 5.74) is 4.89. The van der Waals surface area contributed by atoms with Crippen molar-refractivity contribution in [1.82, 2.24) is 0 Å². The second kappa shape index (κ2) is 7.98. The Morgan fingerprint density at radius 1 is 1.07 bits per heavy atom. The number of carbonyl (C=O) groups excluding carboxylic acids is 1. The molecule has 0 spiro atoms. The molecule has 0 amide bonds. The summed E-state index contributed by atoms with van der Waals surface area (Å²) in [5, 5.41) is 5.21. The van der Waals surface area contributed by atoms with Gasteiger partial charge in [0.1, 0.15) is 4.88 Å². The Labute approximate surface area is 180 Å². The van der Waals surface area contributed by atoms with Crippen molar-refractivity contribution in [3.8, 4) is 21.6 Å². The Morgan fingerprint density at radius 2 is 1.67 bits per heavy atom. The number of benzene rings is 2. The number of esters is 1. The van der Waals surface area contributed by atoms with Gasteiger partial charge in [0.2, 0.25) is 10.0 Å². The minimum Gasteiger partial charge on any atom is -0.462 e. The van der Waals surface area contributed by atoms with E-state index in [0.717, 1.165) is 27.1 Å². The smallest absolute Gasteiger partial charge is 0.348 e. The predicted molar refractivity (Wildman–Crippen MR) is 119 cm³/mol. The van der Waals surface area contributed by atoms with E-state index in [-0.39, 0.29) is 17.5 Å². The summed E-state index contributed by atoms with van der Waals surface area (Å²) in [7, 11) is -3.78. The summed E-state index contributed by atoms with van der Waals surface area (Å²) >= 11 is 1.40. The van der Waals surface area contributed by atoms with Gasteiger partial charge in [-0.15, -0.1) is 11.3 Å². The van der Waals surface area contributed by atoms with Crippen molar-refractivity contribution in [3.05, 3.63) is 64.5 Å². The van der Waals surface area contributed by atoms with Crippen LogP contribution in [-0.4, -0.2) is 21.0 Å². The van der Waals surface area contributed by atoms with Crippen molar-refractivity contribution in [1.29, 1.82) is 0 Å². The molecule has 0 atom stereocenters. The monoisotopic (exact) mass is 441 g/mol. The lowest BCUT2D eigenvalue weighted by Gasteiger charge is -2.07. The third kappa shape index (κ3) is 4.05. The van der Waals surface area contributed by atoms with Crippen LogP contribution in [0.3, 0.4) is 0 Å². The number of hydrogen-bond acceptors (Lipinski definition) is 5. The number of nitrogens with two attached hydrogens (primary N) is 1. The molecule has 0 aliphatic heterocycles. The number of thiophene rings is 1. The van der Waals surface area contributed by atoms with Crippen LogP contribution in [0.4, 0.5) is 0 Å². The molecule has 0 saturated heterocycles. The third-order valence-electron chi connectivity index (χ3n) is 5.30. The highest BCUT2D eigenvalue weighted by molar-refractivity contribution is 7.89. The fraction of sp³-hybridized carbons (Fsp3) is 0.261. The molecule has 0 radical (unpaired) electrons. The summed E-state index contributed by atoms with van der Waals surface area (Å²) < 4.78 is 28.5. The third-order valence-corrected chi connectivity index (χ3v) is 7.55. The van der Waals surface area contributed by atoms with Gasteiger partial charge >= 0.3 is 5.97 Å². The molecule has 2 N–H and O–H groups in total. The number of sulfonamides is 1. The van der Waals surface area contributed by atoms with Gasteiger partial charge in [-0.3, -0.25) is 0 Å². The number of primary sulfonamides is 1. The fourth-order valence-corrected chi connectivity index (χ4v) is 5.36. The highest BCUT2D eigenvalue weighted by atomic mass is 32.2. The van der Waals surface area contributed by atoms with Gasteiger partial charge in [0.05, 0.1) is 11.5 Å². The number of rotatable bonds is 6. The highest BCUT2D eigenvalue weighted by Crippen LogP contribution is 2.44. The van der Waals surface area contributed by atoms with Gasteiger partial charge in [-0.25, -0.2) is 18.4 Å². The van der Waals surface area contributed by atoms with Crippen LogP contribution in [0, 0.1) is 6.92 Å². The first-order valence-electron chi connectivity index (χ1n) is 9.83. The van der Waals surface area contributed by atoms with Gasteiger partial charge in [-0.05, 0) is 67.0 Å². The van der Waals surface area contributed by atoms with E-state index in [1.165, 1.54) is 41.9 Å². The average Bonchev–Trinajstić information content (AvgIpc) is 3.51. The van der Waals surface area contributed by atoms with Crippen molar-refractivity contribution >= 4 is 27.3 Å². The average molecular weight is 442 g/mol. The maximum absolute atomic E-state index is 12.7. The van der Waals surface area contributed by atoms with Gasteiger partial charge < -0.3 is 4.74 Å². The van der Waals surface area contributed by atoms with Gasteiger partial charge in [0.15, 0.2) is 0 Å². The van der Waals surface area contributed by atoms with Gasteiger partial charge in [0, 0.05) is 10.4 Å². The molecule has 156 valence electrons. The maximum atomic E-state index is 12.7. The maximum Gasteiger partial charge on any atom is 0.348 e. The van der Waals surface area contributed by atoms with Crippen LogP contribution >= 0.6 is 11.3 Å². The summed E-state index contributed by atoms with van der Waals surface area (Å²) in [6, 6.07) is 14.8. The molecule has 1 heterocycles. The molecular formula is C23H23NO4S2. The second-order valence-corrected chi connectivity index (χ2v) is 10.0. The first kappa shape index (κ1) is 20.8. The Bertz CT molecular complexity index is 1190. The zero-order valence-corrected chi connectivity index (χ0v) is 18.5. The molecule has 1 fully saturated rings. The summed E-state index contributed by atoms with van der Waals surface area (Å²) in [6.45, 7) is 4.04. The van der Waals surface area contributed by atoms with E-state index in [2.05, 4.69) is 24.3 Å². The van der Waals surface area contributed by atoms with Crippen LogP contribution in [-0.2, 0) is 14.8 Å². The van der Waals surface area contributed by atoms with Crippen LogP contribution in [0.25, 0.3) is 21.6 Å². The highest BCUT2D eigenvalue weighted by Gasteiger charge is 2.25. The van der Waals surface area contributed by atoms with Crippen molar-refractivity contribution in [3.63, 3.8) is 0 Å². The Kier molecular flexibility index (Phi) is 5.53. The molecule has 5 nitrogen and oxygen atoms in total. The summed E-state index contributed by atoms with van der Waals surface area (Å²) in [5.74, 6) is 0.309. The number of hydrogen-bond donors (Lipinski definition) is 1. The molecule has 0 unspecified atom stereocenters. The first-order chi connectivity index (χ1) is 14.3. The van der Waals surface area contributed by atoms with Crippen molar-refractivity contribution in [2.24, 2.45) is 5.14 Å². The molecule has 1 aromatic heterocycles. The Balaban J connectivity index is 1.81. The molecule has 3 aromatic rings. The largest absolute Gasteiger partial charge is 0.462 e. The van der Waals surface area contributed by atoms with Gasteiger partial charge in [0.25, 0.3) is 0 Å². The molecule has 2 aromatic carbocycles. The quantitative estimate of drug-likeness (QED) is 0.540. The Hall–Kier alpha value is -2.48. The van der Waals surface area contributed by atoms with Crippen LogP contribution < -0.4 is 5.14 Å². The molecular weight excluding hydrogens is 418 g/mol. The molecule has 7 heteroatoms. The minimum atomic E-state index is -3.78. The van der Waals surface area contributed by atoms with Gasteiger partial charge in [-0.1, -0.05) is 36.4 Å². The SMILES string of the molecule is CCOC(=O)c1sc(-c2ccc(C3CC3)cc2)c(C)c1-c1ccc(S(N)(=O)=O)cc1. The summed E-state index contributed by atoms with van der Waals surface area (Å²) in [4.78, 5) is 14.2. The second-order valence-electron chi connectivity index (χ2n) is 7.45. The van der Waals surface area contributed by atoms with E-state index in [9.17, 15) is 13.2 Å². The van der Waals surface area contributed by atoms with E-state index < -0.39 is 10.0 Å². The van der Waals surface area contributed by atoms with E-state index in [0.29, 0.717) is 10.8 Å². The van der Waals surface area contributed by atoms with Crippen molar-refractivity contribution in [2.75, 3.05) is 6.61 Å². The van der Waals surface area contributed by atoms with Crippen LogP contribution in [0.1, 0.15) is 46.5 Å². The van der Waals surface area contributed by atoms with E-state index >= 15 is 0 Å². The predicted octanol–water partition coefficient (Wildman–Crippen LogP) is 5.09. The molecule has 30 heavy (non-hydrogen) atoms. The number of carbonyl (C=O) groups is 1. The Morgan fingerprint density at radius 3 is 2.20 bits per heavy atom. The fourth-order valence-electron chi connectivity index (χ4n) is 3.61. The van der Waals surface area contributed by atoms with Crippen molar-refractivity contribution < 1.29 is 17.9 Å². The van der Waals surface area contributed by atoms with Crippen LogP contribution in [0.15, 0.2) is 53.4 Å². The van der Waals surface area contributed by atoms with Crippen LogP contribution in [0.5, 0.6) is 0 Å². The lowest BCUT2D eigenvalue weighted by atomic mass is 9.98. The lowest BCUT2D eigenvalue weighted by molar-refractivity contribution is 0.0533. The number of ether oxygens (including phenoxy) is 1. The molecule has 1 aliphatic rings. The topological polar surface area (TPSA) is 86.5 Å². The zero-order valence-electron chi connectivity index (χ0n) is 16.8. The van der Waals surface area contributed by atoms with Gasteiger partial charge in [-0.2, -0.15) is 0 Å². The summed E-state index contributed by atoms with van der Waals surface area (Å²) in [6.07, 6.45) is 2.51. The molecule has 0 bridgehead atoms. The van der Waals surface area contributed by atoms with E-state index in [1.807, 2.05) is 6.92 Å². The molecule has 1 aliphatic carbocycles. The first-order valence-corrected chi connectivity index (χ1v) is 12.2. The molecule has 4 rings (SSSR count). The lowest BCUT2D eigenvalue weighted by Crippen LogP contribution is -2.11. The minimum absolute atomic E-state index is 0.0349. The van der Waals surface area contributed by atoms with Crippen molar-refractivity contribution in [2.45, 2.75) is 37.5 Å². The normalized spacial score (nSPS) is 14.0. The molecule has 1 saturated carbocycles. The van der Waals surface area contributed by atoms with E-state index in [1.54, 1.807) is 19.1 Å². The standard InChI is InChI=1S/C23H23NO4S2/c1-3-28-23(25)22-20(17-10-12-19(13-11-17)30(24,26)27)14(2)21(29-22)18-8-6-16(7-9-18)15-4-5-15/h6-13,15H,3-5H2,1-2H3,(H2,24,26,27). The zero-order chi connectivity index (χ0) is 21.5. The van der Waals surface area contributed by atoms with E-state index in [4.69, 9.17) is 9.88 Å². The van der Waals surface area contributed by atoms with Crippen LogP contribution in [0.2, 0.25) is 0 Å².